The number of benzene rings is 2. The molecule has 2 aromatic heterocycles. The second kappa shape index (κ2) is 13.4. The number of carbonyl (C=O) groups is 2. The predicted octanol–water partition coefficient (Wildman–Crippen LogP) is 7.41. The molecule has 16 heteroatoms. The summed E-state index contributed by atoms with van der Waals surface area (Å²) in [5.41, 5.74) is -3.01. The summed E-state index contributed by atoms with van der Waals surface area (Å²) in [6, 6.07) is 4.93. The van der Waals surface area contributed by atoms with Crippen LogP contribution in [0.1, 0.15) is 40.5 Å². The van der Waals surface area contributed by atoms with E-state index in [4.69, 9.17) is 23.2 Å². The zero-order chi connectivity index (χ0) is 35.0. The Bertz CT molecular complexity index is 1900. The lowest BCUT2D eigenvalue weighted by Crippen LogP contribution is -2.42. The van der Waals surface area contributed by atoms with E-state index in [9.17, 15) is 45.8 Å². The number of alkyl halides is 6. The molecule has 0 aliphatic rings. The number of aryl methyl sites for hydroxylation is 1. The van der Waals surface area contributed by atoms with Crippen molar-refractivity contribution in [3.05, 3.63) is 91.4 Å². The molecule has 2 aromatic carbocycles. The average molecular weight is 703 g/mol. The summed E-state index contributed by atoms with van der Waals surface area (Å²) in [5.74, 6) is -2.54. The van der Waals surface area contributed by atoms with E-state index >= 15 is 0 Å². The number of aromatic nitrogens is 2. The number of rotatable bonds is 9. The Balaban J connectivity index is 1.70. The number of hydrogen-bond acceptors (Lipinski definition) is 5. The number of aliphatic carboxylic acids is 1. The minimum absolute atomic E-state index is 0.00895. The van der Waals surface area contributed by atoms with Crippen LogP contribution in [0.3, 0.4) is 0 Å². The van der Waals surface area contributed by atoms with E-state index in [1.54, 1.807) is 0 Å². The van der Waals surface area contributed by atoms with Gasteiger partial charge in [0.1, 0.15) is 12.1 Å². The van der Waals surface area contributed by atoms with Gasteiger partial charge in [-0.15, -0.1) is 0 Å². The van der Waals surface area contributed by atoms with E-state index < -0.39 is 53.0 Å². The number of carboxylic acid groups (broad SMARTS) is 1. The summed E-state index contributed by atoms with van der Waals surface area (Å²) in [4.78, 5) is 42.8. The minimum Gasteiger partial charge on any atom is -0.480 e. The first-order valence-corrected chi connectivity index (χ1v) is 14.6. The topological polar surface area (TPSA) is 113 Å². The monoisotopic (exact) mass is 702 g/mol. The van der Waals surface area contributed by atoms with E-state index in [0.29, 0.717) is 0 Å². The van der Waals surface area contributed by atoms with Crippen molar-refractivity contribution in [2.24, 2.45) is 7.05 Å². The second-order valence-corrected chi connectivity index (χ2v) is 11.5. The fourth-order valence-electron chi connectivity index (χ4n) is 5.06. The Morgan fingerprint density at radius 2 is 1.68 bits per heavy atom. The number of hydrogen-bond donors (Lipinski definition) is 3. The zero-order valence-corrected chi connectivity index (χ0v) is 26.3. The van der Waals surface area contributed by atoms with E-state index in [1.807, 2.05) is 0 Å². The average Bonchev–Trinajstić information content (AvgIpc) is 2.97. The van der Waals surface area contributed by atoms with Crippen LogP contribution in [0.4, 0.5) is 32.0 Å². The van der Waals surface area contributed by atoms with Crippen LogP contribution in [0.2, 0.25) is 10.0 Å². The number of carbonyl (C=O) groups excluding carboxylic acids is 1. The molecule has 4 rings (SSSR count). The molecule has 8 nitrogen and oxygen atoms in total. The molecule has 0 fully saturated rings. The molecule has 0 saturated heterocycles. The summed E-state index contributed by atoms with van der Waals surface area (Å²) in [7, 11) is 1.33. The van der Waals surface area contributed by atoms with Crippen molar-refractivity contribution in [2.45, 2.75) is 51.1 Å². The van der Waals surface area contributed by atoms with Crippen molar-refractivity contribution in [2.75, 3.05) is 5.32 Å². The molecule has 0 spiro atoms. The van der Waals surface area contributed by atoms with E-state index in [1.165, 1.54) is 51.4 Å². The fraction of sp³-hybridized carbons (Fsp3) is 0.290. The van der Waals surface area contributed by atoms with Crippen molar-refractivity contribution in [3.8, 4) is 11.1 Å². The van der Waals surface area contributed by atoms with Gasteiger partial charge < -0.3 is 20.3 Å². The van der Waals surface area contributed by atoms with Crippen LogP contribution in [0.15, 0.2) is 53.5 Å². The molecule has 0 aliphatic heterocycles. The van der Waals surface area contributed by atoms with Crippen LogP contribution >= 0.6 is 23.2 Å². The third-order valence-electron chi connectivity index (χ3n) is 7.55. The van der Waals surface area contributed by atoms with Gasteiger partial charge in [0.2, 0.25) is 0 Å². The first-order chi connectivity index (χ1) is 21.8. The minimum atomic E-state index is -4.88. The van der Waals surface area contributed by atoms with Gasteiger partial charge in [0.05, 0.1) is 32.3 Å². The summed E-state index contributed by atoms with van der Waals surface area (Å²) >= 11 is 12.4. The number of halogens is 8. The lowest BCUT2D eigenvalue weighted by Gasteiger charge is -2.22. The van der Waals surface area contributed by atoms with Gasteiger partial charge >= 0.3 is 18.3 Å². The molecule has 250 valence electrons. The van der Waals surface area contributed by atoms with E-state index in [0.717, 1.165) is 22.8 Å². The second-order valence-electron chi connectivity index (χ2n) is 10.6. The molecule has 0 unspecified atom stereocenters. The maximum Gasteiger partial charge on any atom is 0.417 e. The van der Waals surface area contributed by atoms with Crippen molar-refractivity contribution < 1.29 is 41.0 Å². The summed E-state index contributed by atoms with van der Waals surface area (Å²) in [6.45, 7) is 2.68. The normalized spacial score (nSPS) is 13.3. The maximum atomic E-state index is 14.1. The van der Waals surface area contributed by atoms with Gasteiger partial charge in [-0.2, -0.15) is 26.3 Å². The largest absolute Gasteiger partial charge is 0.480 e. The zero-order valence-electron chi connectivity index (χ0n) is 24.8. The summed E-state index contributed by atoms with van der Waals surface area (Å²) in [5, 5.41) is 14.0. The van der Waals surface area contributed by atoms with Gasteiger partial charge in [-0.05, 0) is 43.2 Å². The van der Waals surface area contributed by atoms with Gasteiger partial charge in [-0.1, -0.05) is 48.3 Å². The SMILES string of the molecule is CC[C@@H](Nc1cc(Cl)c(C(=O)N[C@@H](Cc2ccc(-c3c(C(F)(F)F)cc(C)n(C)c3=O)c3ncccc23)C(=O)O)c(Cl)c1)C(F)(F)F. The molecule has 2 heterocycles. The highest BCUT2D eigenvalue weighted by atomic mass is 35.5. The molecule has 47 heavy (non-hydrogen) atoms. The molecule has 4 aromatic rings. The van der Waals surface area contributed by atoms with E-state index in [2.05, 4.69) is 15.6 Å². The quantitative estimate of drug-likeness (QED) is 0.157. The number of carboxylic acids is 1. The van der Waals surface area contributed by atoms with Crippen LogP contribution in [0.25, 0.3) is 22.0 Å². The third-order valence-corrected chi connectivity index (χ3v) is 8.14. The van der Waals surface area contributed by atoms with Crippen molar-refractivity contribution in [1.29, 1.82) is 0 Å². The highest BCUT2D eigenvalue weighted by molar-refractivity contribution is 6.40. The van der Waals surface area contributed by atoms with Gasteiger partial charge in [-0.25, -0.2) is 4.79 Å². The maximum absolute atomic E-state index is 14.1. The Morgan fingerprint density at radius 1 is 1.04 bits per heavy atom. The van der Waals surface area contributed by atoms with Crippen LogP contribution in [-0.4, -0.2) is 44.8 Å². The fourth-order valence-corrected chi connectivity index (χ4v) is 5.72. The van der Waals surface area contributed by atoms with E-state index in [-0.39, 0.29) is 61.9 Å². The number of anilines is 1. The molecule has 3 N–H and O–H groups in total. The molecule has 0 aliphatic carbocycles. The van der Waals surface area contributed by atoms with Crippen LogP contribution in [0, 0.1) is 6.92 Å². The van der Waals surface area contributed by atoms with Crippen LogP contribution < -0.4 is 16.2 Å². The highest BCUT2D eigenvalue weighted by Gasteiger charge is 2.39. The lowest BCUT2D eigenvalue weighted by molar-refractivity contribution is -0.143. The Labute approximate surface area is 273 Å². The van der Waals surface area contributed by atoms with Crippen LogP contribution in [-0.2, 0) is 24.4 Å². The molecule has 0 bridgehead atoms. The van der Waals surface area contributed by atoms with Gasteiger partial charge in [0, 0.05) is 42.0 Å². The van der Waals surface area contributed by atoms with Crippen LogP contribution in [0.5, 0.6) is 0 Å². The van der Waals surface area contributed by atoms with Gasteiger partial charge in [-0.3, -0.25) is 14.6 Å². The highest BCUT2D eigenvalue weighted by Crippen LogP contribution is 2.39. The summed E-state index contributed by atoms with van der Waals surface area (Å²) in [6.07, 6.45) is -8.85. The molecule has 2 atom stereocenters. The molecule has 0 saturated carbocycles. The number of nitrogens with one attached hydrogen (secondary N) is 2. The number of pyridine rings is 2. The lowest BCUT2D eigenvalue weighted by atomic mass is 9.93. The van der Waals surface area contributed by atoms with Crippen molar-refractivity contribution in [3.63, 3.8) is 0 Å². The molecule has 1 amide bonds. The Kier molecular flexibility index (Phi) is 10.2. The molecule has 0 radical (unpaired) electrons. The standard InChI is InChI=1S/C31H26Cl2F6N4O4/c1-4-23(31(37,38)39)41-16-12-20(32)25(21(33)13-16)27(44)42-22(29(46)47)11-15-7-8-18(26-17(15)6-5-9-40-26)24-19(30(34,35)36)10-14(2)43(3)28(24)45/h5-10,12-13,22-23,41H,4,11H2,1-3H3,(H,42,44)(H,46,47)/t22-,23+/m0/s1. The van der Waals surface area contributed by atoms with Crippen molar-refractivity contribution in [1.82, 2.24) is 14.9 Å². The molecular formula is C31H26Cl2F6N4O4. The van der Waals surface area contributed by atoms with Gasteiger partial charge in [0.15, 0.2) is 0 Å². The van der Waals surface area contributed by atoms with Crippen molar-refractivity contribution >= 4 is 51.7 Å². The number of amides is 1. The van der Waals surface area contributed by atoms with Gasteiger partial charge in [0.25, 0.3) is 11.5 Å². The number of fused-ring (bicyclic) bond motifs is 1. The first-order valence-electron chi connectivity index (χ1n) is 13.9. The smallest absolute Gasteiger partial charge is 0.417 e. The Hall–Kier alpha value is -4.30. The molecular weight excluding hydrogens is 677 g/mol. The number of nitrogens with zero attached hydrogens (tertiary/aromatic N) is 2. The Morgan fingerprint density at radius 3 is 2.23 bits per heavy atom. The predicted molar refractivity (Wildman–Crippen MR) is 165 cm³/mol. The third kappa shape index (κ3) is 7.49. The first kappa shape index (κ1) is 35.6. The summed E-state index contributed by atoms with van der Waals surface area (Å²) < 4.78 is 83.0.